The fraction of sp³-hybridized carbons (Fsp3) is 0.0137. The average Bonchev–Trinajstić information content (AvgIpc) is 2.48. The lowest BCUT2D eigenvalue weighted by atomic mass is 9.65. The van der Waals surface area contributed by atoms with Gasteiger partial charge in [-0.25, -0.2) is 0 Å². The lowest BCUT2D eigenvalue weighted by molar-refractivity contribution is 0.748. The minimum Gasteiger partial charge on any atom is -0.309 e. The molecule has 4 heteroatoms. The Morgan fingerprint density at radius 1 is 0.299 bits per heavy atom. The van der Waals surface area contributed by atoms with Crippen molar-refractivity contribution in [1.82, 2.24) is 13.7 Å². The molecule has 77 heavy (non-hydrogen) atoms. The molecule has 0 bridgehead atoms. The van der Waals surface area contributed by atoms with Crippen LogP contribution in [0.2, 0.25) is 0 Å². The molecule has 1 spiro atoms. The molecule has 12 aromatic carbocycles. The van der Waals surface area contributed by atoms with Gasteiger partial charge in [0.15, 0.2) is 8.07 Å². The molecule has 358 valence electrons. The number of benzene rings is 12. The predicted molar refractivity (Wildman–Crippen MR) is 324 cm³/mol. The molecule has 15 aromatic rings. The Morgan fingerprint density at radius 3 is 1.32 bits per heavy atom. The van der Waals surface area contributed by atoms with Gasteiger partial charge in [0.2, 0.25) is 0 Å². The van der Waals surface area contributed by atoms with Crippen LogP contribution in [0.15, 0.2) is 285 Å². The second-order valence-electron chi connectivity index (χ2n) is 20.7. The molecule has 0 radical (unpaired) electrons. The lowest BCUT2D eigenvalue weighted by Gasteiger charge is -2.41. The van der Waals surface area contributed by atoms with Gasteiger partial charge in [0.25, 0.3) is 0 Å². The van der Waals surface area contributed by atoms with Gasteiger partial charge < -0.3 is 13.7 Å². The monoisotopic (exact) mass is 998 g/mol. The topological polar surface area (TPSA) is 14.8 Å². The molecule has 1 aliphatic heterocycles. The Balaban J connectivity index is 1.08. The van der Waals surface area contributed by atoms with E-state index >= 15 is 0 Å². The van der Waals surface area contributed by atoms with Crippen molar-refractivity contribution in [3.8, 4) is 28.2 Å². The number of rotatable bonds is 6. The van der Waals surface area contributed by atoms with Crippen molar-refractivity contribution >= 4 is 94.2 Å². The van der Waals surface area contributed by atoms with Gasteiger partial charge in [0.1, 0.15) is 0 Å². The average molecular weight is 999 g/mol. The third kappa shape index (κ3) is 5.54. The van der Waals surface area contributed by atoms with Gasteiger partial charge in [0.05, 0.1) is 51.1 Å². The van der Waals surface area contributed by atoms with E-state index in [1.165, 1.54) is 43.8 Å². The maximum absolute atomic E-state index is 9.91. The first-order valence-electron chi connectivity index (χ1n) is 28.9. The van der Waals surface area contributed by atoms with E-state index in [4.69, 9.17) is 1.37 Å². The van der Waals surface area contributed by atoms with Crippen LogP contribution in [-0.2, 0) is 5.41 Å². The van der Waals surface area contributed by atoms with Crippen LogP contribution in [0.1, 0.15) is 29.1 Å². The van der Waals surface area contributed by atoms with E-state index < -0.39 is 19.5 Å². The van der Waals surface area contributed by atoms with Crippen molar-refractivity contribution in [3.63, 3.8) is 0 Å². The first-order chi connectivity index (χ1) is 40.3. The summed E-state index contributed by atoms with van der Waals surface area (Å²) < 4.78 is 54.5. The summed E-state index contributed by atoms with van der Waals surface area (Å²) in [7, 11) is -3.86. The largest absolute Gasteiger partial charge is 0.309 e. The maximum Gasteiger partial charge on any atom is 0.179 e. The number of aromatic nitrogens is 3. The zero-order valence-corrected chi connectivity index (χ0v) is 42.6. The summed E-state index contributed by atoms with van der Waals surface area (Å²) in [5.41, 5.74) is 15.9. The number of fused-ring (bicyclic) bond motifs is 18. The highest BCUT2D eigenvalue weighted by molar-refractivity contribution is 7.19. The lowest BCUT2D eigenvalue weighted by Crippen LogP contribution is -2.74. The van der Waals surface area contributed by atoms with E-state index in [1.54, 1.807) is 0 Å². The van der Waals surface area contributed by atoms with E-state index in [2.05, 4.69) is 232 Å². The molecule has 0 amide bonds. The summed E-state index contributed by atoms with van der Waals surface area (Å²) in [5, 5.41) is 10.0. The summed E-state index contributed by atoms with van der Waals surface area (Å²) in [6.45, 7) is 0. The smallest absolute Gasteiger partial charge is 0.179 e. The molecule has 0 saturated carbocycles. The second kappa shape index (κ2) is 15.9. The molecule has 0 saturated heterocycles. The Hall–Kier alpha value is -9.74. The van der Waals surface area contributed by atoms with Crippen LogP contribution >= 0.6 is 0 Å². The zero-order valence-electron chi connectivity index (χ0n) is 46.6. The van der Waals surface area contributed by atoms with E-state index in [0.717, 1.165) is 87.6 Å². The Bertz CT molecular complexity index is 5030. The summed E-state index contributed by atoms with van der Waals surface area (Å²) in [4.78, 5) is 0. The Morgan fingerprint density at radius 2 is 0.766 bits per heavy atom. The van der Waals surface area contributed by atoms with Crippen LogP contribution in [0, 0.1) is 0 Å². The van der Waals surface area contributed by atoms with Gasteiger partial charge in [-0.05, 0) is 115 Å². The third-order valence-electron chi connectivity index (χ3n) is 17.2. The fourth-order valence-corrected chi connectivity index (χ4v) is 18.7. The van der Waals surface area contributed by atoms with E-state index in [0.29, 0.717) is 5.19 Å². The molecule has 0 N–H and O–H groups in total. The highest BCUT2D eigenvalue weighted by Gasteiger charge is 2.52. The van der Waals surface area contributed by atoms with Crippen molar-refractivity contribution < 1.29 is 6.85 Å². The van der Waals surface area contributed by atoms with Gasteiger partial charge in [-0.1, -0.05) is 224 Å². The molecular formula is C73H47N3Si. The van der Waals surface area contributed by atoms with Gasteiger partial charge >= 0.3 is 0 Å². The quantitative estimate of drug-likeness (QED) is 0.116. The molecule has 3 nitrogen and oxygen atoms in total. The van der Waals surface area contributed by atoms with Gasteiger partial charge in [-0.15, -0.1) is 0 Å². The molecule has 3 aromatic heterocycles. The minimum absolute atomic E-state index is 0.187. The summed E-state index contributed by atoms with van der Waals surface area (Å²) in [6.07, 6.45) is 0. The SMILES string of the molecule is [2H]c1c([2H])c([2H])c([Si](c2ccccc2)(c2ccccc2)c2ccc3c(c2)-n2c4ccc(-n5c6ccccc6c6ccccc65)cc4c4cc(-n5c6ccccc6c6ccccc65)cc(c42)C32c3ccccc3-c3ccccc32)c([2H])c1[2H]. The zero-order chi connectivity index (χ0) is 54.8. The molecule has 0 atom stereocenters. The second-order valence-corrected chi connectivity index (χ2v) is 24.5. The normalized spacial score (nSPS) is 14.2. The highest BCUT2D eigenvalue weighted by Crippen LogP contribution is 2.61. The van der Waals surface area contributed by atoms with E-state index in [-0.39, 0.29) is 24.2 Å². The molecule has 4 heterocycles. The summed E-state index contributed by atoms with van der Waals surface area (Å²) >= 11 is 0. The Kier molecular flexibility index (Phi) is 7.82. The Labute approximate surface area is 453 Å². The summed E-state index contributed by atoms with van der Waals surface area (Å²) in [6, 6.07) is 90.4. The van der Waals surface area contributed by atoms with Crippen molar-refractivity contribution in [1.29, 1.82) is 0 Å². The number of hydrogen-bond donors (Lipinski definition) is 0. The minimum atomic E-state index is -3.86. The molecular weight excluding hydrogens is 947 g/mol. The molecule has 1 aliphatic carbocycles. The predicted octanol–water partition coefficient (Wildman–Crippen LogP) is 15.0. The van der Waals surface area contributed by atoms with Crippen molar-refractivity contribution in [3.05, 3.63) is 307 Å². The van der Waals surface area contributed by atoms with Crippen LogP contribution in [0.4, 0.5) is 0 Å². The van der Waals surface area contributed by atoms with Crippen LogP contribution in [0.5, 0.6) is 0 Å². The third-order valence-corrected chi connectivity index (χ3v) is 21.8. The van der Waals surface area contributed by atoms with Crippen molar-refractivity contribution in [2.24, 2.45) is 0 Å². The van der Waals surface area contributed by atoms with Crippen LogP contribution in [-0.4, -0.2) is 21.8 Å². The maximum atomic E-state index is 9.91. The highest BCUT2D eigenvalue weighted by atomic mass is 28.3. The van der Waals surface area contributed by atoms with Crippen LogP contribution in [0.25, 0.3) is 93.6 Å². The molecule has 17 rings (SSSR count). The standard InChI is InChI=1S/C73H47N3Si/c1-4-22-50(23-5-1)77(51-24-6-2-7-25-51,52-26-8-3-9-27-52)53-41-42-64-71(47-53)76-70-43-40-48(74-66-36-18-12-30-56(66)57-31-13-19-37-67(57)74)44-60(70)61-45-49(75-68-38-20-14-32-58(68)59-33-15-21-39-69(59)75)46-65(72(61)76)73(64)62-34-16-10-28-54(62)55-29-11-17-35-63(55)73/h1-47H/i1D,4D,5D,22D,23D. The van der Waals surface area contributed by atoms with Crippen molar-refractivity contribution in [2.45, 2.75) is 5.41 Å². The first-order valence-corrected chi connectivity index (χ1v) is 28.4. The number of para-hydroxylation sites is 4. The summed E-state index contributed by atoms with van der Waals surface area (Å²) in [5.74, 6) is 0. The molecule has 0 fully saturated rings. The molecule has 0 unspecified atom stereocenters. The van der Waals surface area contributed by atoms with Gasteiger partial charge in [-0.2, -0.15) is 0 Å². The molecule has 2 aliphatic rings. The van der Waals surface area contributed by atoms with Crippen molar-refractivity contribution in [2.75, 3.05) is 0 Å². The van der Waals surface area contributed by atoms with Gasteiger partial charge in [-0.3, -0.25) is 0 Å². The van der Waals surface area contributed by atoms with Crippen LogP contribution in [0.3, 0.4) is 0 Å². The fourth-order valence-electron chi connectivity index (χ4n) is 14.3. The number of nitrogens with zero attached hydrogens (tertiary/aromatic N) is 3. The van der Waals surface area contributed by atoms with E-state index in [1.807, 2.05) is 36.4 Å². The van der Waals surface area contributed by atoms with Gasteiger partial charge in [0, 0.05) is 43.7 Å². The van der Waals surface area contributed by atoms with Crippen LogP contribution < -0.4 is 20.7 Å². The first kappa shape index (κ1) is 37.9. The van der Waals surface area contributed by atoms with E-state index in [9.17, 15) is 5.48 Å². The number of hydrogen-bond acceptors (Lipinski definition) is 0.